The Morgan fingerprint density at radius 1 is 1.39 bits per heavy atom. The number of ether oxygens (including phenoxy) is 1. The van der Waals surface area contributed by atoms with Crippen molar-refractivity contribution in [1.82, 2.24) is 10.2 Å². The molecule has 1 aliphatic heterocycles. The molecule has 1 atom stereocenters. The third-order valence-corrected chi connectivity index (χ3v) is 3.52. The summed E-state index contributed by atoms with van der Waals surface area (Å²) in [6.45, 7) is 6.12. The molecule has 1 aromatic carbocycles. The minimum absolute atomic E-state index is 0.675. The molecule has 1 heterocycles. The zero-order valence-electron chi connectivity index (χ0n) is 11.5. The summed E-state index contributed by atoms with van der Waals surface area (Å²) in [6.07, 6.45) is 2.63. The number of rotatable bonds is 6. The zero-order chi connectivity index (χ0) is 12.8. The standard InChI is InChI=1S/C15H24N2O/c1-13-6-3-4-8-15(13)18-11-10-17(2)12-14-7-5-9-16-14/h3-4,6,8,14,16H,5,7,9-12H2,1-2H3. The van der Waals surface area contributed by atoms with Crippen molar-refractivity contribution in [3.63, 3.8) is 0 Å². The fourth-order valence-electron chi connectivity index (χ4n) is 2.41. The van der Waals surface area contributed by atoms with E-state index in [9.17, 15) is 0 Å². The number of nitrogens with zero attached hydrogens (tertiary/aromatic N) is 1. The van der Waals surface area contributed by atoms with Gasteiger partial charge in [0.15, 0.2) is 0 Å². The van der Waals surface area contributed by atoms with Crippen LogP contribution in [0, 0.1) is 6.92 Å². The fraction of sp³-hybridized carbons (Fsp3) is 0.600. The van der Waals surface area contributed by atoms with Gasteiger partial charge in [-0.3, -0.25) is 0 Å². The Labute approximate surface area is 110 Å². The summed E-state index contributed by atoms with van der Waals surface area (Å²) in [5, 5.41) is 3.52. The molecule has 2 rings (SSSR count). The maximum absolute atomic E-state index is 5.81. The molecule has 0 aromatic heterocycles. The molecule has 3 nitrogen and oxygen atoms in total. The van der Waals surface area contributed by atoms with Gasteiger partial charge in [-0.05, 0) is 45.0 Å². The fourth-order valence-corrected chi connectivity index (χ4v) is 2.41. The Kier molecular flexibility index (Phi) is 5.02. The molecule has 0 spiro atoms. The normalized spacial score (nSPS) is 19.4. The number of para-hydroxylation sites is 1. The second kappa shape index (κ2) is 6.76. The molecule has 0 radical (unpaired) electrons. The lowest BCUT2D eigenvalue weighted by atomic mass is 10.2. The summed E-state index contributed by atoms with van der Waals surface area (Å²) < 4.78 is 5.81. The lowest BCUT2D eigenvalue weighted by molar-refractivity contribution is 0.225. The van der Waals surface area contributed by atoms with Crippen LogP contribution in [-0.2, 0) is 0 Å². The quantitative estimate of drug-likeness (QED) is 0.834. The summed E-state index contributed by atoms with van der Waals surface area (Å²) in [4.78, 5) is 2.35. The van der Waals surface area contributed by atoms with Crippen LogP contribution in [0.1, 0.15) is 18.4 Å². The minimum Gasteiger partial charge on any atom is -0.492 e. The Morgan fingerprint density at radius 2 is 2.22 bits per heavy atom. The SMILES string of the molecule is Cc1ccccc1OCCN(C)CC1CCCN1. The predicted molar refractivity (Wildman–Crippen MR) is 75.2 cm³/mol. The zero-order valence-corrected chi connectivity index (χ0v) is 11.5. The van der Waals surface area contributed by atoms with Gasteiger partial charge >= 0.3 is 0 Å². The van der Waals surface area contributed by atoms with Gasteiger partial charge in [0, 0.05) is 19.1 Å². The van der Waals surface area contributed by atoms with Gasteiger partial charge in [0.25, 0.3) is 0 Å². The number of hydrogen-bond donors (Lipinski definition) is 1. The van der Waals surface area contributed by atoms with E-state index in [1.54, 1.807) is 0 Å². The number of nitrogens with one attached hydrogen (secondary N) is 1. The van der Waals surface area contributed by atoms with Gasteiger partial charge in [-0.1, -0.05) is 18.2 Å². The van der Waals surface area contributed by atoms with E-state index in [4.69, 9.17) is 4.74 Å². The van der Waals surface area contributed by atoms with E-state index in [-0.39, 0.29) is 0 Å². The van der Waals surface area contributed by atoms with Crippen LogP contribution in [0.4, 0.5) is 0 Å². The van der Waals surface area contributed by atoms with Crippen molar-refractivity contribution in [2.75, 3.05) is 33.3 Å². The molecular weight excluding hydrogens is 224 g/mol. The second-order valence-corrected chi connectivity index (χ2v) is 5.17. The molecule has 0 bridgehead atoms. The molecule has 18 heavy (non-hydrogen) atoms. The first-order chi connectivity index (χ1) is 8.75. The van der Waals surface area contributed by atoms with Crippen molar-refractivity contribution in [1.29, 1.82) is 0 Å². The van der Waals surface area contributed by atoms with E-state index in [1.165, 1.54) is 24.9 Å². The van der Waals surface area contributed by atoms with Gasteiger partial charge in [0.2, 0.25) is 0 Å². The van der Waals surface area contributed by atoms with Gasteiger partial charge in [-0.25, -0.2) is 0 Å². The summed E-state index contributed by atoms with van der Waals surface area (Å²) >= 11 is 0. The summed E-state index contributed by atoms with van der Waals surface area (Å²) in [6, 6.07) is 8.86. The Hall–Kier alpha value is -1.06. The number of hydrogen-bond acceptors (Lipinski definition) is 3. The first-order valence-corrected chi connectivity index (χ1v) is 6.86. The molecule has 1 aromatic rings. The number of likely N-dealkylation sites (N-methyl/N-ethyl adjacent to an activating group) is 1. The van der Waals surface area contributed by atoms with Crippen LogP contribution in [0.3, 0.4) is 0 Å². The summed E-state index contributed by atoms with van der Waals surface area (Å²) in [7, 11) is 2.17. The van der Waals surface area contributed by atoms with Crippen LogP contribution in [-0.4, -0.2) is 44.2 Å². The molecule has 0 amide bonds. The lowest BCUT2D eigenvalue weighted by Gasteiger charge is -2.21. The van der Waals surface area contributed by atoms with E-state index in [1.807, 2.05) is 18.2 Å². The van der Waals surface area contributed by atoms with Gasteiger partial charge in [0.1, 0.15) is 12.4 Å². The third kappa shape index (κ3) is 4.00. The maximum Gasteiger partial charge on any atom is 0.122 e. The van der Waals surface area contributed by atoms with Crippen LogP contribution in [0.5, 0.6) is 5.75 Å². The van der Waals surface area contributed by atoms with Gasteiger partial charge < -0.3 is 15.0 Å². The van der Waals surface area contributed by atoms with Crippen molar-refractivity contribution in [3.05, 3.63) is 29.8 Å². The third-order valence-electron chi connectivity index (χ3n) is 3.52. The number of benzene rings is 1. The topological polar surface area (TPSA) is 24.5 Å². The predicted octanol–water partition coefficient (Wildman–Crippen LogP) is 2.06. The van der Waals surface area contributed by atoms with Crippen LogP contribution >= 0.6 is 0 Å². The van der Waals surface area contributed by atoms with E-state index in [0.717, 1.165) is 25.4 Å². The molecule has 3 heteroatoms. The van der Waals surface area contributed by atoms with Crippen molar-refractivity contribution < 1.29 is 4.74 Å². The van der Waals surface area contributed by atoms with Gasteiger partial charge in [0.05, 0.1) is 0 Å². The number of aryl methyl sites for hydroxylation is 1. The molecule has 100 valence electrons. The minimum atomic E-state index is 0.675. The van der Waals surface area contributed by atoms with Crippen LogP contribution in [0.2, 0.25) is 0 Å². The Balaban J connectivity index is 1.67. The molecule has 0 aliphatic carbocycles. The molecule has 1 fully saturated rings. The molecular formula is C15H24N2O. The van der Waals surface area contributed by atoms with E-state index in [0.29, 0.717) is 6.04 Å². The largest absolute Gasteiger partial charge is 0.492 e. The highest BCUT2D eigenvalue weighted by atomic mass is 16.5. The van der Waals surface area contributed by atoms with E-state index < -0.39 is 0 Å². The average molecular weight is 248 g/mol. The highest BCUT2D eigenvalue weighted by Crippen LogP contribution is 2.15. The smallest absolute Gasteiger partial charge is 0.122 e. The Morgan fingerprint density at radius 3 is 2.94 bits per heavy atom. The van der Waals surface area contributed by atoms with Crippen molar-refractivity contribution in [2.45, 2.75) is 25.8 Å². The highest BCUT2D eigenvalue weighted by Gasteiger charge is 2.15. The molecule has 1 aliphatic rings. The van der Waals surface area contributed by atoms with Crippen LogP contribution in [0.25, 0.3) is 0 Å². The van der Waals surface area contributed by atoms with Crippen LogP contribution in [0.15, 0.2) is 24.3 Å². The maximum atomic E-state index is 5.81. The van der Waals surface area contributed by atoms with Gasteiger partial charge in [-0.2, -0.15) is 0 Å². The van der Waals surface area contributed by atoms with E-state index >= 15 is 0 Å². The highest BCUT2D eigenvalue weighted by molar-refractivity contribution is 5.31. The van der Waals surface area contributed by atoms with Crippen molar-refractivity contribution in [3.8, 4) is 5.75 Å². The summed E-state index contributed by atoms with van der Waals surface area (Å²) in [5.74, 6) is 1.00. The first-order valence-electron chi connectivity index (χ1n) is 6.86. The second-order valence-electron chi connectivity index (χ2n) is 5.17. The van der Waals surface area contributed by atoms with Crippen LogP contribution < -0.4 is 10.1 Å². The van der Waals surface area contributed by atoms with E-state index in [2.05, 4.69) is 30.3 Å². The average Bonchev–Trinajstić information content (AvgIpc) is 2.84. The lowest BCUT2D eigenvalue weighted by Crippen LogP contribution is -2.37. The van der Waals surface area contributed by atoms with Crippen molar-refractivity contribution >= 4 is 0 Å². The first kappa shape index (κ1) is 13.4. The molecule has 1 unspecified atom stereocenters. The molecule has 1 saturated heterocycles. The monoisotopic (exact) mass is 248 g/mol. The van der Waals surface area contributed by atoms with Gasteiger partial charge in [-0.15, -0.1) is 0 Å². The molecule has 1 N–H and O–H groups in total. The summed E-state index contributed by atoms with van der Waals surface area (Å²) in [5.41, 5.74) is 1.21. The van der Waals surface area contributed by atoms with Crippen molar-refractivity contribution in [2.24, 2.45) is 0 Å². The molecule has 0 saturated carbocycles. The Bertz CT molecular complexity index is 361.